The van der Waals surface area contributed by atoms with Gasteiger partial charge in [-0.1, -0.05) is 35.5 Å². The molecule has 1 amide bonds. The SMILES string of the molecule is CC(Sc1nnc(COc2ccccc2Cl)n1C)C(=O)N1CCCC1. The highest BCUT2D eigenvalue weighted by Gasteiger charge is 2.25. The van der Waals surface area contributed by atoms with Crippen LogP contribution in [0.15, 0.2) is 29.4 Å². The van der Waals surface area contributed by atoms with Crippen molar-refractivity contribution in [3.8, 4) is 5.75 Å². The van der Waals surface area contributed by atoms with Crippen molar-refractivity contribution in [2.75, 3.05) is 13.1 Å². The van der Waals surface area contributed by atoms with Gasteiger partial charge in [-0.05, 0) is 31.9 Å². The molecule has 25 heavy (non-hydrogen) atoms. The largest absolute Gasteiger partial charge is 0.484 e. The van der Waals surface area contributed by atoms with Gasteiger partial charge >= 0.3 is 0 Å². The van der Waals surface area contributed by atoms with Crippen LogP contribution in [0.3, 0.4) is 0 Å². The van der Waals surface area contributed by atoms with Gasteiger partial charge in [-0.25, -0.2) is 0 Å². The maximum atomic E-state index is 12.4. The van der Waals surface area contributed by atoms with Crippen molar-refractivity contribution in [3.63, 3.8) is 0 Å². The summed E-state index contributed by atoms with van der Waals surface area (Å²) in [5.41, 5.74) is 0. The van der Waals surface area contributed by atoms with Crippen LogP contribution in [-0.4, -0.2) is 43.9 Å². The number of amides is 1. The Morgan fingerprint density at radius 3 is 2.76 bits per heavy atom. The number of likely N-dealkylation sites (tertiary alicyclic amines) is 1. The maximum absolute atomic E-state index is 12.4. The van der Waals surface area contributed by atoms with E-state index in [-0.39, 0.29) is 17.8 Å². The number of hydrogen-bond donors (Lipinski definition) is 0. The number of halogens is 1. The summed E-state index contributed by atoms with van der Waals surface area (Å²) < 4.78 is 7.57. The number of hydrogen-bond acceptors (Lipinski definition) is 5. The second-order valence-corrected chi connectivity index (χ2v) is 7.68. The fraction of sp³-hybridized carbons (Fsp3) is 0.471. The van der Waals surface area contributed by atoms with Crippen molar-refractivity contribution in [2.45, 2.75) is 36.8 Å². The second kappa shape index (κ2) is 8.10. The summed E-state index contributed by atoms with van der Waals surface area (Å²) in [6.45, 7) is 3.90. The van der Waals surface area contributed by atoms with Crippen LogP contribution in [0.4, 0.5) is 0 Å². The number of aromatic nitrogens is 3. The molecule has 6 nitrogen and oxygen atoms in total. The van der Waals surface area contributed by atoms with Gasteiger partial charge in [0.25, 0.3) is 0 Å². The normalized spacial score (nSPS) is 15.4. The third-order valence-corrected chi connectivity index (χ3v) is 5.60. The average Bonchev–Trinajstić information content (AvgIpc) is 3.25. The Morgan fingerprint density at radius 2 is 2.04 bits per heavy atom. The molecule has 3 rings (SSSR count). The Bertz CT molecular complexity index is 746. The van der Waals surface area contributed by atoms with Gasteiger partial charge in [-0.15, -0.1) is 10.2 Å². The maximum Gasteiger partial charge on any atom is 0.235 e. The summed E-state index contributed by atoms with van der Waals surface area (Å²) in [5, 5.41) is 9.44. The molecule has 1 fully saturated rings. The van der Waals surface area contributed by atoms with Gasteiger partial charge < -0.3 is 14.2 Å². The monoisotopic (exact) mass is 380 g/mol. The number of nitrogens with zero attached hydrogens (tertiary/aromatic N) is 4. The third kappa shape index (κ3) is 4.27. The van der Waals surface area contributed by atoms with Gasteiger partial charge in [-0.3, -0.25) is 4.79 Å². The van der Waals surface area contributed by atoms with E-state index in [1.54, 1.807) is 6.07 Å². The first-order valence-electron chi connectivity index (χ1n) is 8.27. The highest BCUT2D eigenvalue weighted by molar-refractivity contribution is 8.00. The molecule has 1 unspecified atom stereocenters. The number of benzene rings is 1. The molecular weight excluding hydrogens is 360 g/mol. The first kappa shape index (κ1) is 18.1. The van der Waals surface area contributed by atoms with Crippen LogP contribution in [0, 0.1) is 0 Å². The molecule has 1 aliphatic heterocycles. The van der Waals surface area contributed by atoms with Gasteiger partial charge in [0.15, 0.2) is 11.0 Å². The first-order valence-corrected chi connectivity index (χ1v) is 9.53. The molecule has 1 atom stereocenters. The fourth-order valence-corrected chi connectivity index (χ4v) is 3.79. The van der Waals surface area contributed by atoms with Crippen LogP contribution in [-0.2, 0) is 18.4 Å². The second-order valence-electron chi connectivity index (χ2n) is 5.97. The molecule has 134 valence electrons. The number of rotatable bonds is 6. The van der Waals surface area contributed by atoms with Crippen molar-refractivity contribution in [1.29, 1.82) is 0 Å². The van der Waals surface area contributed by atoms with Crippen LogP contribution < -0.4 is 4.74 Å². The van der Waals surface area contributed by atoms with Gasteiger partial charge in [0.2, 0.25) is 5.91 Å². The molecule has 0 radical (unpaired) electrons. The molecule has 1 aromatic carbocycles. The van der Waals surface area contributed by atoms with Gasteiger partial charge in [-0.2, -0.15) is 0 Å². The molecule has 2 aromatic rings. The summed E-state index contributed by atoms with van der Waals surface area (Å²) in [5.74, 6) is 1.46. The highest BCUT2D eigenvalue weighted by Crippen LogP contribution is 2.26. The van der Waals surface area contributed by atoms with E-state index in [0.29, 0.717) is 21.8 Å². The number of thioether (sulfide) groups is 1. The number of carbonyl (C=O) groups is 1. The Labute approximate surface area is 156 Å². The lowest BCUT2D eigenvalue weighted by molar-refractivity contribution is -0.129. The smallest absolute Gasteiger partial charge is 0.235 e. The molecule has 0 aliphatic carbocycles. The summed E-state index contributed by atoms with van der Waals surface area (Å²) in [6, 6.07) is 7.31. The van der Waals surface area contributed by atoms with Crippen LogP contribution >= 0.6 is 23.4 Å². The molecular formula is C17H21ClN4O2S. The minimum absolute atomic E-state index is 0.166. The van der Waals surface area contributed by atoms with Crippen LogP contribution in [0.2, 0.25) is 5.02 Å². The molecule has 8 heteroatoms. The quantitative estimate of drug-likeness (QED) is 0.720. The molecule has 1 saturated heterocycles. The van der Waals surface area contributed by atoms with E-state index in [1.807, 2.05) is 41.6 Å². The molecule has 0 spiro atoms. The van der Waals surface area contributed by atoms with Gasteiger partial charge in [0, 0.05) is 20.1 Å². The predicted molar refractivity (Wildman–Crippen MR) is 97.9 cm³/mol. The van der Waals surface area contributed by atoms with Gasteiger partial charge in [0.1, 0.15) is 12.4 Å². The number of para-hydroxylation sites is 1. The van der Waals surface area contributed by atoms with E-state index < -0.39 is 0 Å². The standard InChI is InChI=1S/C17H21ClN4O2S/c1-12(16(23)22-9-5-6-10-22)25-17-20-19-15(21(17)2)11-24-14-8-4-3-7-13(14)18/h3-4,7-8,12H,5-6,9-11H2,1-2H3. The van der Waals surface area contributed by atoms with Crippen LogP contribution in [0.1, 0.15) is 25.6 Å². The molecule has 1 aliphatic rings. The third-order valence-electron chi connectivity index (χ3n) is 4.17. The van der Waals surface area contributed by atoms with Crippen LogP contribution in [0.5, 0.6) is 5.75 Å². The summed E-state index contributed by atoms with van der Waals surface area (Å²) in [6.07, 6.45) is 2.19. The zero-order valence-corrected chi connectivity index (χ0v) is 15.9. The minimum Gasteiger partial charge on any atom is -0.484 e. The fourth-order valence-electron chi connectivity index (χ4n) is 2.68. The lowest BCUT2D eigenvalue weighted by atomic mass is 10.3. The summed E-state index contributed by atoms with van der Waals surface area (Å²) in [7, 11) is 1.88. The van der Waals surface area contributed by atoms with Crippen molar-refractivity contribution in [3.05, 3.63) is 35.1 Å². The molecule has 2 heterocycles. The molecule has 0 N–H and O–H groups in total. The minimum atomic E-state index is -0.182. The van der Waals surface area contributed by atoms with Crippen molar-refractivity contribution in [1.82, 2.24) is 19.7 Å². The van der Waals surface area contributed by atoms with E-state index in [0.717, 1.165) is 25.9 Å². The Balaban J connectivity index is 1.60. The topological polar surface area (TPSA) is 60.3 Å². The summed E-state index contributed by atoms with van der Waals surface area (Å²) in [4.78, 5) is 14.4. The zero-order valence-electron chi connectivity index (χ0n) is 14.3. The van der Waals surface area contributed by atoms with E-state index >= 15 is 0 Å². The first-order chi connectivity index (χ1) is 12.1. The Kier molecular flexibility index (Phi) is 5.86. The Hall–Kier alpha value is -1.73. The predicted octanol–water partition coefficient (Wildman–Crippen LogP) is 3.15. The van der Waals surface area contributed by atoms with Crippen molar-refractivity contribution in [2.24, 2.45) is 7.05 Å². The highest BCUT2D eigenvalue weighted by atomic mass is 35.5. The number of carbonyl (C=O) groups excluding carboxylic acids is 1. The zero-order chi connectivity index (χ0) is 17.8. The van der Waals surface area contributed by atoms with Crippen molar-refractivity contribution < 1.29 is 9.53 Å². The van der Waals surface area contributed by atoms with E-state index in [9.17, 15) is 4.79 Å². The van der Waals surface area contributed by atoms with E-state index in [2.05, 4.69) is 10.2 Å². The lowest BCUT2D eigenvalue weighted by Crippen LogP contribution is -2.34. The lowest BCUT2D eigenvalue weighted by Gasteiger charge is -2.19. The van der Waals surface area contributed by atoms with E-state index in [1.165, 1.54) is 11.8 Å². The van der Waals surface area contributed by atoms with Crippen LogP contribution in [0.25, 0.3) is 0 Å². The van der Waals surface area contributed by atoms with E-state index in [4.69, 9.17) is 16.3 Å². The molecule has 1 aromatic heterocycles. The number of ether oxygens (including phenoxy) is 1. The Morgan fingerprint density at radius 1 is 1.32 bits per heavy atom. The van der Waals surface area contributed by atoms with Crippen molar-refractivity contribution >= 4 is 29.3 Å². The average molecular weight is 381 g/mol. The summed E-state index contributed by atoms with van der Waals surface area (Å²) >= 11 is 7.51. The molecule has 0 bridgehead atoms. The molecule has 0 saturated carbocycles. The van der Waals surface area contributed by atoms with Gasteiger partial charge in [0.05, 0.1) is 10.3 Å².